The quantitative estimate of drug-likeness (QED) is 0.755. The number of nitrogens with one attached hydrogen (secondary N) is 2. The van der Waals surface area contributed by atoms with Gasteiger partial charge in [-0.05, 0) is 33.6 Å². The summed E-state index contributed by atoms with van der Waals surface area (Å²) in [6.07, 6.45) is 0.769. The highest BCUT2D eigenvalue weighted by atomic mass is 16.6. The minimum Gasteiger partial charge on any atom is -0.444 e. The Bertz CT molecular complexity index is 421. The molecule has 0 atom stereocenters. The van der Waals surface area contributed by atoms with Crippen LogP contribution in [0.15, 0.2) is 0 Å². The number of rotatable bonds is 2. The van der Waals surface area contributed by atoms with Gasteiger partial charge in [-0.2, -0.15) is 0 Å². The van der Waals surface area contributed by atoms with Crippen molar-refractivity contribution >= 4 is 17.9 Å². The van der Waals surface area contributed by atoms with E-state index in [1.165, 1.54) is 0 Å². The second kappa shape index (κ2) is 7.47. The van der Waals surface area contributed by atoms with Gasteiger partial charge >= 0.3 is 6.09 Å². The number of amides is 3. The van der Waals surface area contributed by atoms with Crippen LogP contribution in [-0.4, -0.2) is 41.5 Å². The molecule has 7 heteroatoms. The molecule has 22 heavy (non-hydrogen) atoms. The van der Waals surface area contributed by atoms with Crippen molar-refractivity contribution in [3.05, 3.63) is 0 Å². The lowest BCUT2D eigenvalue weighted by molar-refractivity contribution is -0.133. The van der Waals surface area contributed by atoms with Crippen LogP contribution in [0.1, 0.15) is 47.5 Å². The summed E-state index contributed by atoms with van der Waals surface area (Å²) in [5.41, 5.74) is 4.32. The van der Waals surface area contributed by atoms with Gasteiger partial charge in [0.1, 0.15) is 5.60 Å². The summed E-state index contributed by atoms with van der Waals surface area (Å²) in [5.74, 6) is -0.821. The number of hydrogen-bond acceptors (Lipinski definition) is 4. The molecule has 1 heterocycles. The summed E-state index contributed by atoms with van der Waals surface area (Å²) in [7, 11) is 0. The van der Waals surface area contributed by atoms with Crippen LogP contribution in [0.5, 0.6) is 0 Å². The maximum atomic E-state index is 12.0. The van der Waals surface area contributed by atoms with Crippen molar-refractivity contribution < 1.29 is 19.1 Å². The zero-order valence-electron chi connectivity index (χ0n) is 14.1. The molecule has 0 aromatic rings. The molecule has 0 radical (unpaired) electrons. The van der Waals surface area contributed by atoms with Gasteiger partial charge in [0.2, 0.25) is 11.8 Å². The van der Waals surface area contributed by atoms with Crippen LogP contribution in [0.25, 0.3) is 0 Å². The van der Waals surface area contributed by atoms with Gasteiger partial charge in [0.15, 0.2) is 0 Å². The highest BCUT2D eigenvalue weighted by Crippen LogP contribution is 2.19. The molecule has 3 amide bonds. The van der Waals surface area contributed by atoms with Crippen LogP contribution in [-0.2, 0) is 14.3 Å². The maximum absolute atomic E-state index is 12.0. The maximum Gasteiger partial charge on any atom is 0.410 e. The van der Waals surface area contributed by atoms with Crippen molar-refractivity contribution in [2.24, 2.45) is 11.8 Å². The first kappa shape index (κ1) is 18.3. The van der Waals surface area contributed by atoms with Crippen LogP contribution in [0, 0.1) is 11.8 Å². The summed E-state index contributed by atoms with van der Waals surface area (Å²) in [4.78, 5) is 36.9. The first-order valence-corrected chi connectivity index (χ1v) is 7.68. The lowest BCUT2D eigenvalue weighted by atomic mass is 9.96. The number of carbonyl (C=O) groups is 3. The second-order valence-electron chi connectivity index (χ2n) is 6.87. The van der Waals surface area contributed by atoms with E-state index in [-0.39, 0.29) is 29.7 Å². The van der Waals surface area contributed by atoms with E-state index in [9.17, 15) is 14.4 Å². The number of hydrogen-bond donors (Lipinski definition) is 2. The molecule has 2 N–H and O–H groups in total. The zero-order chi connectivity index (χ0) is 16.9. The van der Waals surface area contributed by atoms with E-state index in [0.717, 1.165) is 0 Å². The summed E-state index contributed by atoms with van der Waals surface area (Å²) in [6, 6.07) is 0. The molecule has 0 saturated carbocycles. The molecule has 0 aliphatic carbocycles. The molecule has 7 nitrogen and oxygen atoms in total. The lowest BCUT2D eigenvalue weighted by Gasteiger charge is -2.32. The van der Waals surface area contributed by atoms with E-state index in [1.54, 1.807) is 18.7 Å². The summed E-state index contributed by atoms with van der Waals surface area (Å²) in [6.45, 7) is 9.92. The molecule has 0 spiro atoms. The van der Waals surface area contributed by atoms with Gasteiger partial charge in [-0.3, -0.25) is 20.4 Å². The Balaban J connectivity index is 2.37. The fraction of sp³-hybridized carbons (Fsp3) is 0.800. The van der Waals surface area contributed by atoms with Crippen molar-refractivity contribution in [2.75, 3.05) is 13.1 Å². The van der Waals surface area contributed by atoms with E-state index < -0.39 is 5.60 Å². The molecule has 1 saturated heterocycles. The predicted molar refractivity (Wildman–Crippen MR) is 81.7 cm³/mol. The normalized spacial score (nSPS) is 16.4. The van der Waals surface area contributed by atoms with Crippen LogP contribution in [0.3, 0.4) is 0 Å². The summed E-state index contributed by atoms with van der Waals surface area (Å²) < 4.78 is 5.31. The third kappa shape index (κ3) is 5.91. The molecule has 0 unspecified atom stereocenters. The molecule has 0 aromatic carbocycles. The molecule has 1 aliphatic rings. The molecule has 1 aliphatic heterocycles. The molecule has 1 fully saturated rings. The van der Waals surface area contributed by atoms with Gasteiger partial charge < -0.3 is 9.64 Å². The first-order valence-electron chi connectivity index (χ1n) is 7.68. The number of carbonyl (C=O) groups excluding carboxylic acids is 3. The van der Waals surface area contributed by atoms with Crippen molar-refractivity contribution in [3.63, 3.8) is 0 Å². The van der Waals surface area contributed by atoms with E-state index in [0.29, 0.717) is 25.9 Å². The first-order chi connectivity index (χ1) is 10.1. The standard InChI is InChI=1S/C15H27N3O4/c1-10(2)12(19)16-17-13(20)11-6-8-18(9-7-11)14(21)22-15(3,4)5/h10-11H,6-9H2,1-5H3,(H,16,19)(H,17,20). The molecule has 0 aromatic heterocycles. The Morgan fingerprint density at radius 3 is 2.09 bits per heavy atom. The second-order valence-corrected chi connectivity index (χ2v) is 6.87. The molecular formula is C15H27N3O4. The van der Waals surface area contributed by atoms with E-state index in [1.807, 2.05) is 20.8 Å². The average Bonchev–Trinajstić information content (AvgIpc) is 2.42. The smallest absolute Gasteiger partial charge is 0.410 e. The fourth-order valence-corrected chi connectivity index (χ4v) is 2.02. The van der Waals surface area contributed by atoms with Crippen LogP contribution in [0.2, 0.25) is 0 Å². The summed E-state index contributed by atoms with van der Waals surface area (Å²) in [5, 5.41) is 0. The highest BCUT2D eigenvalue weighted by Gasteiger charge is 2.30. The van der Waals surface area contributed by atoms with Gasteiger partial charge in [0.25, 0.3) is 0 Å². The number of hydrazine groups is 1. The van der Waals surface area contributed by atoms with Crippen LogP contribution < -0.4 is 10.9 Å². The Kier molecular flexibility index (Phi) is 6.20. The zero-order valence-corrected chi connectivity index (χ0v) is 14.1. The van der Waals surface area contributed by atoms with E-state index in [2.05, 4.69) is 10.9 Å². The molecule has 0 bridgehead atoms. The third-order valence-electron chi connectivity index (χ3n) is 3.35. The predicted octanol–water partition coefficient (Wildman–Crippen LogP) is 1.44. The average molecular weight is 313 g/mol. The molecular weight excluding hydrogens is 286 g/mol. The van der Waals surface area contributed by atoms with Crippen molar-refractivity contribution in [1.29, 1.82) is 0 Å². The summed E-state index contributed by atoms with van der Waals surface area (Å²) >= 11 is 0. The Morgan fingerprint density at radius 2 is 1.64 bits per heavy atom. The third-order valence-corrected chi connectivity index (χ3v) is 3.35. The van der Waals surface area contributed by atoms with E-state index >= 15 is 0 Å². The van der Waals surface area contributed by atoms with Gasteiger partial charge in [0, 0.05) is 24.9 Å². The lowest BCUT2D eigenvalue weighted by Crippen LogP contribution is -2.49. The van der Waals surface area contributed by atoms with Crippen molar-refractivity contribution in [2.45, 2.75) is 53.1 Å². The SMILES string of the molecule is CC(C)C(=O)NNC(=O)C1CCN(C(=O)OC(C)(C)C)CC1. The molecule has 1 rings (SSSR count). The van der Waals surface area contributed by atoms with Gasteiger partial charge in [0.05, 0.1) is 0 Å². The Hall–Kier alpha value is -1.79. The molecule has 126 valence electrons. The topological polar surface area (TPSA) is 87.7 Å². The number of nitrogens with zero attached hydrogens (tertiary/aromatic N) is 1. The monoisotopic (exact) mass is 313 g/mol. The van der Waals surface area contributed by atoms with E-state index in [4.69, 9.17) is 4.74 Å². The van der Waals surface area contributed by atoms with Crippen LogP contribution in [0.4, 0.5) is 4.79 Å². The largest absolute Gasteiger partial charge is 0.444 e. The van der Waals surface area contributed by atoms with Crippen LogP contribution >= 0.6 is 0 Å². The minimum absolute atomic E-state index is 0.186. The van der Waals surface area contributed by atoms with Gasteiger partial charge in [-0.1, -0.05) is 13.8 Å². The van der Waals surface area contributed by atoms with Crippen molar-refractivity contribution in [3.8, 4) is 0 Å². The van der Waals surface area contributed by atoms with Gasteiger partial charge in [-0.15, -0.1) is 0 Å². The number of piperidine rings is 1. The Labute approximate surface area is 131 Å². The number of ether oxygens (including phenoxy) is 1. The van der Waals surface area contributed by atoms with Crippen molar-refractivity contribution in [1.82, 2.24) is 15.8 Å². The highest BCUT2D eigenvalue weighted by molar-refractivity contribution is 5.84. The Morgan fingerprint density at radius 1 is 1.09 bits per heavy atom. The minimum atomic E-state index is -0.521. The fourth-order valence-electron chi connectivity index (χ4n) is 2.02. The van der Waals surface area contributed by atoms with Gasteiger partial charge in [-0.25, -0.2) is 4.79 Å². The number of likely N-dealkylation sites (tertiary alicyclic amines) is 1.